The van der Waals surface area contributed by atoms with E-state index in [2.05, 4.69) is 133 Å². The van der Waals surface area contributed by atoms with Crippen molar-refractivity contribution in [3.8, 4) is 22.3 Å². The molecule has 1 aliphatic rings. The minimum Gasteiger partial charge on any atom is -0.135 e. The zero-order valence-electron chi connectivity index (χ0n) is 21.5. The highest BCUT2D eigenvalue weighted by Gasteiger charge is 2.21. The van der Waals surface area contributed by atoms with E-state index < -0.39 is 0 Å². The van der Waals surface area contributed by atoms with E-state index in [1.165, 1.54) is 75.1 Å². The fourth-order valence-electron chi connectivity index (χ4n) is 6.50. The first-order valence-electron chi connectivity index (χ1n) is 13.7. The second-order valence-corrected chi connectivity index (χ2v) is 11.4. The molecule has 0 atom stereocenters. The molecule has 0 bridgehead atoms. The fraction of sp³-hybridized carbons (Fsp3) is 0.0526. The van der Waals surface area contributed by atoms with Crippen LogP contribution in [0.15, 0.2) is 133 Å². The largest absolute Gasteiger partial charge is 0.135 e. The van der Waals surface area contributed by atoms with Gasteiger partial charge in [0.15, 0.2) is 0 Å². The van der Waals surface area contributed by atoms with Crippen LogP contribution in [0.4, 0.5) is 0 Å². The van der Waals surface area contributed by atoms with Crippen molar-refractivity contribution in [1.82, 2.24) is 0 Å². The molecule has 0 radical (unpaired) electrons. The van der Waals surface area contributed by atoms with Crippen LogP contribution in [-0.4, -0.2) is 0 Å². The Balaban J connectivity index is 1.53. The SMILES string of the molecule is C1=CCCC(c2ccccc2-c2c3ccccc3c(-c3cccc4sc5ccccc5c34)c3ccccc23)=C1. The number of benzene rings is 6. The monoisotopic (exact) mass is 514 g/mol. The zero-order chi connectivity index (χ0) is 25.8. The van der Waals surface area contributed by atoms with Gasteiger partial charge in [-0.3, -0.25) is 0 Å². The summed E-state index contributed by atoms with van der Waals surface area (Å²) >= 11 is 1.89. The molecule has 0 nitrogen and oxygen atoms in total. The minimum absolute atomic E-state index is 1.08. The lowest BCUT2D eigenvalue weighted by molar-refractivity contribution is 1.05. The van der Waals surface area contributed by atoms with Gasteiger partial charge in [0.2, 0.25) is 0 Å². The summed E-state index contributed by atoms with van der Waals surface area (Å²) in [5, 5.41) is 7.93. The quantitative estimate of drug-likeness (QED) is 0.206. The van der Waals surface area contributed by atoms with Crippen LogP contribution in [0, 0.1) is 0 Å². The van der Waals surface area contributed by atoms with E-state index in [0.29, 0.717) is 0 Å². The molecule has 0 amide bonds. The third kappa shape index (κ3) is 3.51. The lowest BCUT2D eigenvalue weighted by atomic mass is 9.82. The first-order valence-corrected chi connectivity index (χ1v) is 14.5. The summed E-state index contributed by atoms with van der Waals surface area (Å²) in [4.78, 5) is 0. The lowest BCUT2D eigenvalue weighted by Crippen LogP contribution is -1.95. The number of allylic oxidation sites excluding steroid dienone is 4. The molecule has 0 aliphatic heterocycles. The third-order valence-corrected chi connectivity index (χ3v) is 9.30. The molecule has 0 saturated carbocycles. The topological polar surface area (TPSA) is 0 Å². The predicted molar refractivity (Wildman–Crippen MR) is 172 cm³/mol. The Bertz CT molecular complexity index is 2060. The third-order valence-electron chi connectivity index (χ3n) is 8.16. The van der Waals surface area contributed by atoms with Crippen LogP contribution in [0.25, 0.3) is 69.5 Å². The van der Waals surface area contributed by atoms with Gasteiger partial charge in [-0.1, -0.05) is 121 Å². The van der Waals surface area contributed by atoms with Crippen molar-refractivity contribution in [2.75, 3.05) is 0 Å². The Morgan fingerprint density at radius 3 is 1.67 bits per heavy atom. The molecule has 0 spiro atoms. The van der Waals surface area contributed by atoms with Gasteiger partial charge in [0, 0.05) is 20.2 Å². The summed E-state index contributed by atoms with van der Waals surface area (Å²) in [5.74, 6) is 0. The Kier molecular flexibility index (Phi) is 5.24. The van der Waals surface area contributed by atoms with E-state index in [9.17, 15) is 0 Å². The molecule has 39 heavy (non-hydrogen) atoms. The van der Waals surface area contributed by atoms with Gasteiger partial charge in [-0.05, 0) is 79.9 Å². The van der Waals surface area contributed by atoms with Crippen molar-refractivity contribution < 1.29 is 0 Å². The van der Waals surface area contributed by atoms with E-state index in [4.69, 9.17) is 0 Å². The molecule has 6 aromatic carbocycles. The highest BCUT2D eigenvalue weighted by Crippen LogP contribution is 2.48. The highest BCUT2D eigenvalue weighted by molar-refractivity contribution is 7.25. The summed E-state index contributed by atoms with van der Waals surface area (Å²) in [6.07, 6.45) is 8.94. The van der Waals surface area contributed by atoms with Crippen molar-refractivity contribution in [1.29, 1.82) is 0 Å². The summed E-state index contributed by atoms with van der Waals surface area (Å²) in [6.45, 7) is 0. The maximum atomic E-state index is 2.32. The number of thiophene rings is 1. The van der Waals surface area contributed by atoms with Crippen LogP contribution in [0.1, 0.15) is 18.4 Å². The van der Waals surface area contributed by atoms with Gasteiger partial charge in [-0.15, -0.1) is 11.3 Å². The van der Waals surface area contributed by atoms with Crippen LogP contribution < -0.4 is 0 Å². The maximum absolute atomic E-state index is 2.32. The molecule has 184 valence electrons. The van der Waals surface area contributed by atoms with Crippen LogP contribution in [0.2, 0.25) is 0 Å². The second kappa shape index (κ2) is 9.08. The molecule has 1 heteroatoms. The summed E-state index contributed by atoms with van der Waals surface area (Å²) in [6, 6.07) is 42.7. The number of rotatable bonds is 3. The molecular weight excluding hydrogens is 488 g/mol. The Labute approximate surface area is 232 Å². The molecule has 1 aliphatic carbocycles. The molecule has 0 fully saturated rings. The normalized spacial score (nSPS) is 13.5. The molecule has 0 unspecified atom stereocenters. The first-order chi connectivity index (χ1) is 19.4. The molecule has 0 N–H and O–H groups in total. The van der Waals surface area contributed by atoms with Crippen molar-refractivity contribution >= 4 is 58.6 Å². The first kappa shape index (κ1) is 22.5. The second-order valence-electron chi connectivity index (χ2n) is 10.3. The van der Waals surface area contributed by atoms with Crippen LogP contribution in [-0.2, 0) is 0 Å². The average molecular weight is 515 g/mol. The standard InChI is InChI=1S/C38H26S/c1-2-13-25(14-3-1)26-15-4-5-16-27(26)36-28-17-6-8-19-30(28)37(31-20-9-7-18-29(31)36)33-22-12-24-35-38(33)32-21-10-11-23-34(32)39-35/h1-2,4-13,15-24H,3,14H2. The van der Waals surface area contributed by atoms with Crippen molar-refractivity contribution in [3.63, 3.8) is 0 Å². The van der Waals surface area contributed by atoms with Crippen LogP contribution in [0.3, 0.4) is 0 Å². The number of hydrogen-bond donors (Lipinski definition) is 0. The van der Waals surface area contributed by atoms with Gasteiger partial charge >= 0.3 is 0 Å². The highest BCUT2D eigenvalue weighted by atomic mass is 32.1. The van der Waals surface area contributed by atoms with E-state index in [-0.39, 0.29) is 0 Å². The molecule has 1 aromatic heterocycles. The Morgan fingerprint density at radius 1 is 0.462 bits per heavy atom. The fourth-order valence-corrected chi connectivity index (χ4v) is 7.63. The van der Waals surface area contributed by atoms with E-state index in [1.807, 2.05) is 11.3 Å². The minimum atomic E-state index is 1.08. The van der Waals surface area contributed by atoms with E-state index in [1.54, 1.807) is 0 Å². The van der Waals surface area contributed by atoms with Gasteiger partial charge in [0.25, 0.3) is 0 Å². The van der Waals surface area contributed by atoms with Crippen molar-refractivity contribution in [2.24, 2.45) is 0 Å². The van der Waals surface area contributed by atoms with Crippen LogP contribution in [0.5, 0.6) is 0 Å². The average Bonchev–Trinajstić information content (AvgIpc) is 3.39. The van der Waals surface area contributed by atoms with Crippen molar-refractivity contribution in [3.05, 3.63) is 139 Å². The Morgan fingerprint density at radius 2 is 1.00 bits per heavy atom. The summed E-state index contributed by atoms with van der Waals surface area (Å²) in [5.41, 5.74) is 8.06. The van der Waals surface area contributed by atoms with E-state index >= 15 is 0 Å². The van der Waals surface area contributed by atoms with Gasteiger partial charge in [-0.25, -0.2) is 0 Å². The molecular formula is C38H26S. The molecule has 0 saturated heterocycles. The molecule has 7 aromatic rings. The summed E-state index contributed by atoms with van der Waals surface area (Å²) < 4.78 is 2.68. The van der Waals surface area contributed by atoms with Gasteiger partial charge in [0.1, 0.15) is 0 Å². The van der Waals surface area contributed by atoms with E-state index in [0.717, 1.165) is 12.8 Å². The molecule has 1 heterocycles. The summed E-state index contributed by atoms with van der Waals surface area (Å²) in [7, 11) is 0. The van der Waals surface area contributed by atoms with Gasteiger partial charge in [0.05, 0.1) is 0 Å². The maximum Gasteiger partial charge on any atom is 0.0361 e. The lowest BCUT2D eigenvalue weighted by Gasteiger charge is -2.21. The number of hydrogen-bond acceptors (Lipinski definition) is 1. The smallest absolute Gasteiger partial charge is 0.0361 e. The van der Waals surface area contributed by atoms with Crippen molar-refractivity contribution in [2.45, 2.75) is 12.8 Å². The Hall–Kier alpha value is -4.46. The van der Waals surface area contributed by atoms with Gasteiger partial charge < -0.3 is 0 Å². The predicted octanol–water partition coefficient (Wildman–Crippen LogP) is 11.4. The zero-order valence-corrected chi connectivity index (χ0v) is 22.3. The molecule has 8 rings (SSSR count). The van der Waals surface area contributed by atoms with Gasteiger partial charge in [-0.2, -0.15) is 0 Å². The van der Waals surface area contributed by atoms with Crippen LogP contribution >= 0.6 is 11.3 Å². The number of fused-ring (bicyclic) bond motifs is 5.